The maximum Gasteiger partial charge on any atom is 0.215 e. The van der Waals surface area contributed by atoms with Crippen LogP contribution in [0.1, 0.15) is 18.5 Å². The summed E-state index contributed by atoms with van der Waals surface area (Å²) in [5.41, 5.74) is 13.7. The number of anilines is 2. The first-order valence-corrected chi connectivity index (χ1v) is 6.02. The lowest BCUT2D eigenvalue weighted by Gasteiger charge is -2.15. The van der Waals surface area contributed by atoms with Crippen LogP contribution in [0.4, 0.5) is 11.4 Å². The topological polar surface area (TPSA) is 77.4 Å². The molecule has 94 valence electrons. The molecule has 4 N–H and O–H groups in total. The van der Waals surface area contributed by atoms with Gasteiger partial charge in [-0.3, -0.25) is 0 Å². The first-order chi connectivity index (χ1) is 8.20. The Kier molecular flexibility index (Phi) is 3.68. The molecule has 1 aliphatic rings. The Morgan fingerprint density at radius 3 is 2.71 bits per heavy atom. The third-order valence-corrected chi connectivity index (χ3v) is 3.22. The molecule has 1 saturated heterocycles. The predicted molar refractivity (Wildman–Crippen MR) is 69.0 cm³/mol. The predicted octanol–water partition coefficient (Wildman–Crippen LogP) is 0.893. The van der Waals surface area contributed by atoms with Crippen LogP contribution in [0.5, 0.6) is 5.88 Å². The highest BCUT2D eigenvalue weighted by Gasteiger charge is 2.13. The lowest BCUT2D eigenvalue weighted by molar-refractivity contribution is 0.341. The van der Waals surface area contributed by atoms with Crippen LogP contribution in [-0.4, -0.2) is 36.6 Å². The maximum atomic E-state index is 5.93. The summed E-state index contributed by atoms with van der Waals surface area (Å²) >= 11 is 0. The second-order valence-electron chi connectivity index (χ2n) is 4.41. The van der Waals surface area contributed by atoms with E-state index in [0.29, 0.717) is 17.3 Å². The second-order valence-corrected chi connectivity index (χ2v) is 4.41. The van der Waals surface area contributed by atoms with Gasteiger partial charge in [0.1, 0.15) is 0 Å². The van der Waals surface area contributed by atoms with Gasteiger partial charge in [-0.05, 0) is 25.9 Å². The number of ether oxygens (including phenoxy) is 1. The molecule has 2 rings (SSSR count). The largest absolute Gasteiger partial charge is 0.481 e. The average molecular weight is 236 g/mol. The Hall–Kier alpha value is -1.49. The molecule has 0 saturated carbocycles. The zero-order valence-electron chi connectivity index (χ0n) is 10.3. The fraction of sp³-hybridized carbons (Fsp3) is 0.583. The van der Waals surface area contributed by atoms with Gasteiger partial charge in [0.25, 0.3) is 0 Å². The lowest BCUT2D eigenvalue weighted by atomic mass is 10.2. The van der Waals surface area contributed by atoms with Crippen molar-refractivity contribution in [2.75, 3.05) is 38.2 Å². The summed E-state index contributed by atoms with van der Waals surface area (Å²) in [5.74, 6) is 0.535. The van der Waals surface area contributed by atoms with E-state index >= 15 is 0 Å². The number of methoxy groups -OCH3 is 1. The highest BCUT2D eigenvalue weighted by atomic mass is 16.5. The number of likely N-dealkylation sites (tertiary alicyclic amines) is 1. The minimum absolute atomic E-state index is 0.535. The van der Waals surface area contributed by atoms with Gasteiger partial charge in [-0.1, -0.05) is 0 Å². The van der Waals surface area contributed by atoms with E-state index in [2.05, 4.69) is 9.88 Å². The van der Waals surface area contributed by atoms with Gasteiger partial charge in [0, 0.05) is 19.0 Å². The summed E-state index contributed by atoms with van der Waals surface area (Å²) in [4.78, 5) is 6.79. The SMILES string of the molecule is COc1cc(N)c(N)c(CCN2CCCC2)n1. The van der Waals surface area contributed by atoms with Crippen LogP contribution in [-0.2, 0) is 6.42 Å². The Morgan fingerprint density at radius 1 is 1.35 bits per heavy atom. The van der Waals surface area contributed by atoms with Crippen LogP contribution in [0.15, 0.2) is 6.07 Å². The van der Waals surface area contributed by atoms with Gasteiger partial charge in [-0.25, -0.2) is 4.98 Å². The first kappa shape index (κ1) is 12.0. The van der Waals surface area contributed by atoms with Crippen molar-refractivity contribution < 1.29 is 4.74 Å². The molecule has 1 aromatic rings. The van der Waals surface area contributed by atoms with Gasteiger partial charge in [0.05, 0.1) is 24.2 Å². The summed E-state index contributed by atoms with van der Waals surface area (Å²) in [7, 11) is 1.59. The maximum absolute atomic E-state index is 5.93. The van der Waals surface area contributed by atoms with E-state index in [4.69, 9.17) is 16.2 Å². The minimum atomic E-state index is 0.535. The van der Waals surface area contributed by atoms with Gasteiger partial charge < -0.3 is 21.1 Å². The summed E-state index contributed by atoms with van der Waals surface area (Å²) in [5, 5.41) is 0. The van der Waals surface area contributed by atoms with Crippen LogP contribution >= 0.6 is 0 Å². The summed E-state index contributed by atoms with van der Waals surface area (Å²) in [6.07, 6.45) is 3.42. The fourth-order valence-electron chi connectivity index (χ4n) is 2.17. The molecule has 0 spiro atoms. The number of pyridine rings is 1. The van der Waals surface area contributed by atoms with Gasteiger partial charge in [0.15, 0.2) is 0 Å². The summed E-state index contributed by atoms with van der Waals surface area (Å²) < 4.78 is 5.10. The number of rotatable bonds is 4. The van der Waals surface area contributed by atoms with Crippen LogP contribution in [0.2, 0.25) is 0 Å². The molecule has 0 aliphatic carbocycles. The Morgan fingerprint density at radius 2 is 2.06 bits per heavy atom. The van der Waals surface area contributed by atoms with Crippen molar-refractivity contribution in [3.63, 3.8) is 0 Å². The van der Waals surface area contributed by atoms with E-state index in [1.165, 1.54) is 25.9 Å². The molecule has 2 heterocycles. The van der Waals surface area contributed by atoms with E-state index in [-0.39, 0.29) is 0 Å². The molecular formula is C12H20N4O. The zero-order chi connectivity index (χ0) is 12.3. The Balaban J connectivity index is 2.05. The fourth-order valence-corrected chi connectivity index (χ4v) is 2.17. The van der Waals surface area contributed by atoms with Crippen LogP contribution in [0.3, 0.4) is 0 Å². The average Bonchev–Trinajstić information content (AvgIpc) is 2.84. The molecule has 1 aromatic heterocycles. The number of nitrogen functional groups attached to an aromatic ring is 2. The number of hydrogen-bond donors (Lipinski definition) is 2. The number of nitrogens with zero attached hydrogens (tertiary/aromatic N) is 2. The van der Waals surface area contributed by atoms with E-state index in [9.17, 15) is 0 Å². The highest BCUT2D eigenvalue weighted by Crippen LogP contribution is 2.24. The minimum Gasteiger partial charge on any atom is -0.481 e. The quantitative estimate of drug-likeness (QED) is 0.812. The van der Waals surface area contributed by atoms with Gasteiger partial charge in [-0.2, -0.15) is 0 Å². The number of hydrogen-bond acceptors (Lipinski definition) is 5. The van der Waals surface area contributed by atoms with Crippen molar-refractivity contribution >= 4 is 11.4 Å². The van der Waals surface area contributed by atoms with E-state index in [0.717, 1.165) is 18.7 Å². The van der Waals surface area contributed by atoms with Gasteiger partial charge >= 0.3 is 0 Å². The zero-order valence-corrected chi connectivity index (χ0v) is 10.3. The Bertz CT molecular complexity index is 388. The molecule has 0 aromatic carbocycles. The highest BCUT2D eigenvalue weighted by molar-refractivity contribution is 5.66. The normalized spacial score (nSPS) is 16.3. The van der Waals surface area contributed by atoms with Crippen molar-refractivity contribution in [1.82, 2.24) is 9.88 Å². The molecule has 0 radical (unpaired) electrons. The second kappa shape index (κ2) is 5.23. The molecule has 0 amide bonds. The number of nitrogens with two attached hydrogens (primary N) is 2. The van der Waals surface area contributed by atoms with Gasteiger partial charge in [-0.15, -0.1) is 0 Å². The third kappa shape index (κ3) is 2.79. The molecule has 1 fully saturated rings. The molecule has 1 aliphatic heterocycles. The lowest BCUT2D eigenvalue weighted by Crippen LogP contribution is -2.22. The first-order valence-electron chi connectivity index (χ1n) is 6.02. The smallest absolute Gasteiger partial charge is 0.215 e. The standard InChI is InChI=1S/C12H20N4O/c1-17-11-8-9(13)12(14)10(15-11)4-7-16-5-2-3-6-16/h8H,2-7,14H2,1H3,(H2,13,15). The molecule has 5 heteroatoms. The van der Waals surface area contributed by atoms with E-state index in [1.54, 1.807) is 13.2 Å². The molecule has 0 unspecified atom stereocenters. The van der Waals surface area contributed by atoms with Gasteiger partial charge in [0.2, 0.25) is 5.88 Å². The van der Waals surface area contributed by atoms with E-state index in [1.807, 2.05) is 0 Å². The summed E-state index contributed by atoms with van der Waals surface area (Å²) in [6.45, 7) is 3.35. The molecule has 0 atom stereocenters. The molecular weight excluding hydrogens is 216 g/mol. The van der Waals surface area contributed by atoms with E-state index < -0.39 is 0 Å². The molecule has 17 heavy (non-hydrogen) atoms. The Labute approximate surface area is 102 Å². The molecule has 0 bridgehead atoms. The van der Waals surface area contributed by atoms with Crippen molar-refractivity contribution in [3.05, 3.63) is 11.8 Å². The number of aromatic nitrogens is 1. The molecule has 5 nitrogen and oxygen atoms in total. The van der Waals surface area contributed by atoms with Crippen LogP contribution in [0.25, 0.3) is 0 Å². The van der Waals surface area contributed by atoms with Crippen LogP contribution < -0.4 is 16.2 Å². The van der Waals surface area contributed by atoms with Crippen molar-refractivity contribution in [1.29, 1.82) is 0 Å². The van der Waals surface area contributed by atoms with Crippen LogP contribution in [0, 0.1) is 0 Å². The monoisotopic (exact) mass is 236 g/mol. The van der Waals surface area contributed by atoms with Crippen molar-refractivity contribution in [2.24, 2.45) is 0 Å². The summed E-state index contributed by atoms with van der Waals surface area (Å²) in [6, 6.07) is 1.66. The van der Waals surface area contributed by atoms with Crippen molar-refractivity contribution in [3.8, 4) is 5.88 Å². The third-order valence-electron chi connectivity index (χ3n) is 3.22. The van der Waals surface area contributed by atoms with Crippen molar-refractivity contribution in [2.45, 2.75) is 19.3 Å².